The maximum Gasteiger partial charge on any atom is 0.126 e. The van der Waals surface area contributed by atoms with Gasteiger partial charge in [-0.3, -0.25) is 4.90 Å². The second-order valence-electron chi connectivity index (χ2n) is 5.39. The van der Waals surface area contributed by atoms with Crippen LogP contribution in [0.15, 0.2) is 18.2 Å². The number of likely N-dealkylation sites (tertiary alicyclic amines) is 1. The zero-order valence-corrected chi connectivity index (χ0v) is 10.5. The monoisotopic (exact) mass is 219 g/mol. The van der Waals surface area contributed by atoms with Gasteiger partial charge in [0.15, 0.2) is 0 Å². The smallest absolute Gasteiger partial charge is 0.126 e. The Balaban J connectivity index is 1.99. The van der Waals surface area contributed by atoms with Crippen molar-refractivity contribution < 1.29 is 0 Å². The lowest BCUT2D eigenvalue weighted by Gasteiger charge is -2.19. The molecule has 0 amide bonds. The summed E-state index contributed by atoms with van der Waals surface area (Å²) in [5.41, 5.74) is 1.63. The molecule has 0 aliphatic carbocycles. The van der Waals surface area contributed by atoms with Gasteiger partial charge in [-0.25, -0.2) is 4.98 Å². The van der Waals surface area contributed by atoms with E-state index >= 15 is 0 Å². The second-order valence-corrected chi connectivity index (χ2v) is 5.39. The van der Waals surface area contributed by atoms with Gasteiger partial charge in [0.25, 0.3) is 0 Å². The van der Waals surface area contributed by atoms with Gasteiger partial charge < -0.3 is 5.32 Å². The van der Waals surface area contributed by atoms with Crippen LogP contribution in [-0.2, 0) is 6.54 Å². The Kier molecular flexibility index (Phi) is 3.15. The third-order valence-electron chi connectivity index (χ3n) is 3.20. The summed E-state index contributed by atoms with van der Waals surface area (Å²) in [5, 5.41) is 3.08. The molecule has 0 unspecified atom stereocenters. The summed E-state index contributed by atoms with van der Waals surface area (Å²) in [6.45, 7) is 8.02. The lowest BCUT2D eigenvalue weighted by atomic mass is 9.93. The molecule has 0 spiro atoms. The first kappa shape index (κ1) is 11.4. The topological polar surface area (TPSA) is 28.2 Å². The van der Waals surface area contributed by atoms with Gasteiger partial charge in [-0.05, 0) is 30.5 Å². The van der Waals surface area contributed by atoms with E-state index in [4.69, 9.17) is 0 Å². The predicted molar refractivity (Wildman–Crippen MR) is 67.5 cm³/mol. The van der Waals surface area contributed by atoms with Crippen LogP contribution in [-0.4, -0.2) is 30.0 Å². The molecule has 1 N–H and O–H groups in total. The average Bonchev–Trinajstić information content (AvgIpc) is 2.58. The van der Waals surface area contributed by atoms with Crippen molar-refractivity contribution in [1.29, 1.82) is 0 Å². The van der Waals surface area contributed by atoms with Crippen LogP contribution < -0.4 is 5.32 Å². The van der Waals surface area contributed by atoms with Crippen LogP contribution in [0.5, 0.6) is 0 Å². The Morgan fingerprint density at radius 3 is 2.88 bits per heavy atom. The van der Waals surface area contributed by atoms with Crippen LogP contribution in [0.3, 0.4) is 0 Å². The molecule has 2 heterocycles. The summed E-state index contributed by atoms with van der Waals surface area (Å²) in [4.78, 5) is 7.04. The van der Waals surface area contributed by atoms with E-state index in [0.29, 0.717) is 5.41 Å². The van der Waals surface area contributed by atoms with E-state index in [9.17, 15) is 0 Å². The number of anilines is 1. The minimum absolute atomic E-state index is 0.473. The van der Waals surface area contributed by atoms with E-state index in [2.05, 4.69) is 41.2 Å². The highest BCUT2D eigenvalue weighted by atomic mass is 15.2. The van der Waals surface area contributed by atoms with Gasteiger partial charge in [0.05, 0.1) is 5.69 Å². The Morgan fingerprint density at radius 1 is 1.44 bits per heavy atom. The molecule has 0 aromatic carbocycles. The van der Waals surface area contributed by atoms with Crippen LogP contribution in [0.25, 0.3) is 0 Å². The summed E-state index contributed by atoms with van der Waals surface area (Å²) in [6, 6.07) is 6.17. The summed E-state index contributed by atoms with van der Waals surface area (Å²) in [5.74, 6) is 0.955. The minimum Gasteiger partial charge on any atom is -0.373 e. The predicted octanol–water partition coefficient (Wildman–Crippen LogP) is 2.36. The third kappa shape index (κ3) is 2.73. The highest BCUT2D eigenvalue weighted by molar-refractivity contribution is 5.34. The maximum absolute atomic E-state index is 4.55. The summed E-state index contributed by atoms with van der Waals surface area (Å²) >= 11 is 0. The van der Waals surface area contributed by atoms with E-state index in [1.807, 2.05) is 13.1 Å². The molecule has 3 heteroatoms. The van der Waals surface area contributed by atoms with Gasteiger partial charge in [0.2, 0.25) is 0 Å². The molecule has 1 aromatic rings. The number of nitrogens with zero attached hydrogens (tertiary/aromatic N) is 2. The van der Waals surface area contributed by atoms with Crippen LogP contribution in [0.2, 0.25) is 0 Å². The van der Waals surface area contributed by atoms with Crippen molar-refractivity contribution in [3.63, 3.8) is 0 Å². The molecular weight excluding hydrogens is 198 g/mol. The van der Waals surface area contributed by atoms with Crippen molar-refractivity contribution in [2.24, 2.45) is 5.41 Å². The van der Waals surface area contributed by atoms with Crippen molar-refractivity contribution in [1.82, 2.24) is 9.88 Å². The Morgan fingerprint density at radius 2 is 2.25 bits per heavy atom. The lowest BCUT2D eigenvalue weighted by Crippen LogP contribution is -2.23. The first-order chi connectivity index (χ1) is 7.59. The fourth-order valence-corrected chi connectivity index (χ4v) is 2.30. The highest BCUT2D eigenvalue weighted by Crippen LogP contribution is 2.29. The fraction of sp³-hybridized carbons (Fsp3) is 0.615. The second kappa shape index (κ2) is 4.42. The zero-order chi connectivity index (χ0) is 11.6. The van der Waals surface area contributed by atoms with Gasteiger partial charge in [-0.2, -0.15) is 0 Å². The summed E-state index contributed by atoms with van der Waals surface area (Å²) in [6.07, 6.45) is 1.29. The molecule has 2 rings (SSSR count). The van der Waals surface area contributed by atoms with E-state index in [1.54, 1.807) is 0 Å². The van der Waals surface area contributed by atoms with Gasteiger partial charge in [0, 0.05) is 20.1 Å². The molecule has 3 nitrogen and oxygen atoms in total. The molecule has 1 aliphatic heterocycles. The summed E-state index contributed by atoms with van der Waals surface area (Å²) < 4.78 is 0. The van der Waals surface area contributed by atoms with Crippen molar-refractivity contribution in [3.05, 3.63) is 23.9 Å². The SMILES string of the molecule is CNc1cccc(CN2CCC(C)(C)C2)n1. The molecule has 1 aliphatic rings. The zero-order valence-electron chi connectivity index (χ0n) is 10.5. The molecule has 0 atom stereocenters. The molecule has 1 fully saturated rings. The molecule has 0 bridgehead atoms. The molecular formula is C13H21N3. The van der Waals surface area contributed by atoms with E-state index in [0.717, 1.165) is 18.1 Å². The largest absolute Gasteiger partial charge is 0.373 e. The number of hydrogen-bond acceptors (Lipinski definition) is 3. The van der Waals surface area contributed by atoms with Gasteiger partial charge in [0.1, 0.15) is 5.82 Å². The Hall–Kier alpha value is -1.09. The number of hydrogen-bond donors (Lipinski definition) is 1. The standard InChI is InChI=1S/C13H21N3/c1-13(2)7-8-16(10-13)9-11-5-4-6-12(14-3)15-11/h4-6H,7-10H2,1-3H3,(H,14,15). The highest BCUT2D eigenvalue weighted by Gasteiger charge is 2.28. The van der Waals surface area contributed by atoms with Crippen LogP contribution in [0, 0.1) is 5.41 Å². The molecule has 16 heavy (non-hydrogen) atoms. The number of aromatic nitrogens is 1. The van der Waals surface area contributed by atoms with Crippen molar-refractivity contribution in [2.45, 2.75) is 26.8 Å². The molecule has 0 saturated carbocycles. The fourth-order valence-electron chi connectivity index (χ4n) is 2.30. The lowest BCUT2D eigenvalue weighted by molar-refractivity contribution is 0.282. The van der Waals surface area contributed by atoms with Crippen LogP contribution >= 0.6 is 0 Å². The van der Waals surface area contributed by atoms with Crippen LogP contribution in [0.4, 0.5) is 5.82 Å². The van der Waals surface area contributed by atoms with Crippen molar-refractivity contribution in [2.75, 3.05) is 25.5 Å². The summed E-state index contributed by atoms with van der Waals surface area (Å²) in [7, 11) is 1.91. The number of rotatable bonds is 3. The third-order valence-corrected chi connectivity index (χ3v) is 3.20. The minimum atomic E-state index is 0.473. The number of nitrogens with one attached hydrogen (secondary N) is 1. The van der Waals surface area contributed by atoms with Gasteiger partial charge >= 0.3 is 0 Å². The van der Waals surface area contributed by atoms with Crippen molar-refractivity contribution >= 4 is 5.82 Å². The van der Waals surface area contributed by atoms with Gasteiger partial charge in [-0.1, -0.05) is 19.9 Å². The van der Waals surface area contributed by atoms with E-state index in [-0.39, 0.29) is 0 Å². The quantitative estimate of drug-likeness (QED) is 0.846. The molecule has 1 aromatic heterocycles. The van der Waals surface area contributed by atoms with Crippen molar-refractivity contribution in [3.8, 4) is 0 Å². The van der Waals surface area contributed by atoms with Crippen LogP contribution in [0.1, 0.15) is 26.0 Å². The van der Waals surface area contributed by atoms with E-state index in [1.165, 1.54) is 19.5 Å². The molecule has 1 saturated heterocycles. The first-order valence-corrected chi connectivity index (χ1v) is 5.95. The molecule has 88 valence electrons. The van der Waals surface area contributed by atoms with Gasteiger partial charge in [-0.15, -0.1) is 0 Å². The molecule has 0 radical (unpaired) electrons. The normalized spacial score (nSPS) is 19.9. The first-order valence-electron chi connectivity index (χ1n) is 5.95. The average molecular weight is 219 g/mol. The number of pyridine rings is 1. The maximum atomic E-state index is 4.55. The Bertz CT molecular complexity index is 360. The van der Waals surface area contributed by atoms with E-state index < -0.39 is 0 Å². The Labute approximate surface area is 97.9 Å².